The third kappa shape index (κ3) is 2.83. The summed E-state index contributed by atoms with van der Waals surface area (Å²) in [6, 6.07) is 11.5. The minimum Gasteiger partial charge on any atom is -0.410 e. The van der Waals surface area contributed by atoms with Gasteiger partial charge in [-0.25, -0.2) is 9.78 Å². The topological polar surface area (TPSA) is 87.3 Å². The average Bonchev–Trinajstić information content (AvgIpc) is 3.24. The van der Waals surface area contributed by atoms with Gasteiger partial charge in [-0.05, 0) is 48.1 Å². The smallest absolute Gasteiger partial charge is 0.410 e. The van der Waals surface area contributed by atoms with Crippen LogP contribution < -0.4 is 10.1 Å². The maximum absolute atomic E-state index is 13.7. The van der Waals surface area contributed by atoms with Crippen LogP contribution in [0.3, 0.4) is 0 Å². The molecule has 166 valence electrons. The van der Waals surface area contributed by atoms with E-state index in [1.165, 1.54) is 5.56 Å². The lowest BCUT2D eigenvalue weighted by molar-refractivity contribution is -0.0265. The fraction of sp³-hybridized carbons (Fsp3) is 0.400. The van der Waals surface area contributed by atoms with Crippen molar-refractivity contribution in [1.82, 2.24) is 20.2 Å². The molecular formula is C25H28N4O3. The Morgan fingerprint density at radius 3 is 2.81 bits per heavy atom. The predicted octanol–water partition coefficient (Wildman–Crippen LogP) is 4.04. The number of H-pyrrole nitrogens is 1. The molecule has 32 heavy (non-hydrogen) atoms. The van der Waals surface area contributed by atoms with Crippen LogP contribution in [-0.4, -0.2) is 46.5 Å². The van der Waals surface area contributed by atoms with Crippen LogP contribution in [-0.2, 0) is 11.8 Å². The highest BCUT2D eigenvalue weighted by molar-refractivity contribution is 5.97. The third-order valence-corrected chi connectivity index (χ3v) is 7.94. The summed E-state index contributed by atoms with van der Waals surface area (Å²) in [5.74, 6) is 0.594. The Hall–Kier alpha value is -3.35. The molecule has 3 aromatic rings. The second-order valence-electron chi connectivity index (χ2n) is 9.58. The largest absolute Gasteiger partial charge is 0.412 e. The van der Waals surface area contributed by atoms with Crippen LogP contribution in [0.15, 0.2) is 42.7 Å². The van der Waals surface area contributed by atoms with Gasteiger partial charge in [0.1, 0.15) is 5.75 Å². The molecule has 1 aromatic heterocycles. The molecule has 2 bridgehead atoms. The van der Waals surface area contributed by atoms with Gasteiger partial charge in [0.25, 0.3) is 5.91 Å². The first-order valence-electron chi connectivity index (χ1n) is 11.0. The van der Waals surface area contributed by atoms with Crippen LogP contribution in [0.5, 0.6) is 5.75 Å². The van der Waals surface area contributed by atoms with Crippen LogP contribution in [0.25, 0.3) is 11.0 Å². The number of nitrogens with one attached hydrogen (secondary N) is 2. The van der Waals surface area contributed by atoms with Crippen molar-refractivity contribution in [3.8, 4) is 5.75 Å². The van der Waals surface area contributed by atoms with Crippen molar-refractivity contribution in [3.63, 3.8) is 0 Å². The zero-order valence-corrected chi connectivity index (χ0v) is 18.9. The molecule has 1 aliphatic heterocycles. The highest BCUT2D eigenvalue weighted by atomic mass is 16.6. The van der Waals surface area contributed by atoms with E-state index in [9.17, 15) is 9.59 Å². The number of benzene rings is 2. The maximum atomic E-state index is 13.7. The Kier molecular flexibility index (Phi) is 4.55. The van der Waals surface area contributed by atoms with Gasteiger partial charge in [0.2, 0.25) is 0 Å². The second kappa shape index (κ2) is 7.08. The molecule has 2 amide bonds. The van der Waals surface area contributed by atoms with Gasteiger partial charge in [0, 0.05) is 36.2 Å². The van der Waals surface area contributed by atoms with E-state index in [4.69, 9.17) is 4.74 Å². The number of aromatic amines is 1. The summed E-state index contributed by atoms with van der Waals surface area (Å²) in [6.45, 7) is 7.47. The number of hydrogen-bond donors (Lipinski definition) is 2. The molecule has 7 heteroatoms. The molecule has 0 radical (unpaired) electrons. The van der Waals surface area contributed by atoms with Crippen LogP contribution >= 0.6 is 0 Å². The quantitative estimate of drug-likeness (QED) is 0.640. The molecule has 0 spiro atoms. The van der Waals surface area contributed by atoms with E-state index in [1.807, 2.05) is 35.2 Å². The number of rotatable bonds is 2. The van der Waals surface area contributed by atoms with Crippen molar-refractivity contribution in [2.45, 2.75) is 45.1 Å². The maximum Gasteiger partial charge on any atom is 0.412 e. The highest BCUT2D eigenvalue weighted by Gasteiger charge is 2.57. The normalized spacial score (nSPS) is 23.5. The number of amides is 2. The van der Waals surface area contributed by atoms with Crippen molar-refractivity contribution >= 4 is 23.0 Å². The molecule has 2 aliphatic rings. The number of fused-ring (bicyclic) bond motifs is 5. The summed E-state index contributed by atoms with van der Waals surface area (Å²) in [6.07, 6.45) is 2.63. The molecular weight excluding hydrogens is 404 g/mol. The van der Waals surface area contributed by atoms with Crippen molar-refractivity contribution in [2.24, 2.45) is 5.41 Å². The number of imidazole rings is 1. The summed E-state index contributed by atoms with van der Waals surface area (Å²) in [4.78, 5) is 35.0. The van der Waals surface area contributed by atoms with E-state index in [1.54, 1.807) is 13.4 Å². The first kappa shape index (κ1) is 20.5. The van der Waals surface area contributed by atoms with Crippen LogP contribution in [0.1, 0.15) is 48.7 Å². The SMILES string of the molecule is CNC(=O)Oc1cccc2c1C[C@H]1N(C(=O)c3ccc4nc[nH]c4c3)CC[C@]2(C)C1(C)C. The lowest BCUT2D eigenvalue weighted by atomic mass is 9.51. The molecule has 7 nitrogen and oxygen atoms in total. The first-order chi connectivity index (χ1) is 15.3. The molecule has 1 aliphatic carbocycles. The van der Waals surface area contributed by atoms with Gasteiger partial charge in [-0.2, -0.15) is 0 Å². The van der Waals surface area contributed by atoms with Gasteiger partial charge >= 0.3 is 6.09 Å². The summed E-state index contributed by atoms with van der Waals surface area (Å²) in [5.41, 5.74) is 4.29. The van der Waals surface area contributed by atoms with E-state index < -0.39 is 6.09 Å². The predicted molar refractivity (Wildman–Crippen MR) is 122 cm³/mol. The second-order valence-corrected chi connectivity index (χ2v) is 9.58. The van der Waals surface area contributed by atoms with Crippen LogP contribution in [0.4, 0.5) is 4.79 Å². The van der Waals surface area contributed by atoms with Gasteiger partial charge in [0.15, 0.2) is 0 Å². The number of aromatic nitrogens is 2. The molecule has 1 saturated heterocycles. The monoisotopic (exact) mass is 432 g/mol. The van der Waals surface area contributed by atoms with Crippen molar-refractivity contribution < 1.29 is 14.3 Å². The third-order valence-electron chi connectivity index (χ3n) is 7.94. The standard InChI is InChI=1S/C25H28N4O3/c1-24(2)21-13-16-17(6-5-7-20(16)32-23(31)26-4)25(24,3)10-11-29(21)22(30)15-8-9-18-19(12-15)28-14-27-18/h5-9,12,14,21H,10-11,13H2,1-4H3,(H,26,31)(H,27,28)/t21-,25+/m1/s1. The molecule has 2 aromatic carbocycles. The molecule has 2 N–H and O–H groups in total. The fourth-order valence-electron chi connectivity index (χ4n) is 5.64. The van der Waals surface area contributed by atoms with Crippen molar-refractivity contribution in [3.05, 3.63) is 59.4 Å². The fourth-order valence-corrected chi connectivity index (χ4v) is 5.64. The number of piperidine rings is 1. The highest BCUT2D eigenvalue weighted by Crippen LogP contribution is 2.57. The number of hydrogen-bond acceptors (Lipinski definition) is 4. The Labute approximate surface area is 187 Å². The first-order valence-corrected chi connectivity index (χ1v) is 11.0. The summed E-state index contributed by atoms with van der Waals surface area (Å²) in [5, 5.41) is 2.52. The molecule has 1 fully saturated rings. The van der Waals surface area contributed by atoms with Gasteiger partial charge in [-0.3, -0.25) is 4.79 Å². The van der Waals surface area contributed by atoms with E-state index >= 15 is 0 Å². The van der Waals surface area contributed by atoms with E-state index in [0.29, 0.717) is 24.3 Å². The van der Waals surface area contributed by atoms with E-state index in [-0.39, 0.29) is 22.8 Å². The van der Waals surface area contributed by atoms with Gasteiger partial charge < -0.3 is 19.9 Å². The Morgan fingerprint density at radius 1 is 1.22 bits per heavy atom. The van der Waals surface area contributed by atoms with Crippen molar-refractivity contribution in [2.75, 3.05) is 13.6 Å². The molecule has 2 heterocycles. The minimum atomic E-state index is -0.487. The van der Waals surface area contributed by atoms with Crippen molar-refractivity contribution in [1.29, 1.82) is 0 Å². The number of carbonyl (C=O) groups excluding carboxylic acids is 2. The Bertz CT molecular complexity index is 1230. The Morgan fingerprint density at radius 2 is 2.03 bits per heavy atom. The average molecular weight is 433 g/mol. The molecule has 2 atom stereocenters. The van der Waals surface area contributed by atoms with Gasteiger partial charge in [-0.1, -0.05) is 32.9 Å². The molecule has 0 saturated carbocycles. The minimum absolute atomic E-state index is 0.0202. The summed E-state index contributed by atoms with van der Waals surface area (Å²) >= 11 is 0. The van der Waals surface area contributed by atoms with Gasteiger partial charge in [0.05, 0.1) is 17.4 Å². The Balaban J connectivity index is 1.56. The van der Waals surface area contributed by atoms with Gasteiger partial charge in [-0.15, -0.1) is 0 Å². The summed E-state index contributed by atoms with van der Waals surface area (Å²) < 4.78 is 5.60. The number of carbonyl (C=O) groups is 2. The number of nitrogens with zero attached hydrogens (tertiary/aromatic N) is 2. The molecule has 5 rings (SSSR count). The lowest BCUT2D eigenvalue weighted by Crippen LogP contribution is -2.64. The van der Waals surface area contributed by atoms with E-state index in [2.05, 4.69) is 42.1 Å². The van der Waals surface area contributed by atoms with Crippen LogP contribution in [0.2, 0.25) is 0 Å². The zero-order valence-electron chi connectivity index (χ0n) is 18.9. The lowest BCUT2D eigenvalue weighted by Gasteiger charge is -2.60. The summed E-state index contributed by atoms with van der Waals surface area (Å²) in [7, 11) is 1.55. The zero-order chi connectivity index (χ0) is 22.7. The van der Waals surface area contributed by atoms with Crippen LogP contribution in [0, 0.1) is 5.41 Å². The number of ether oxygens (including phenoxy) is 1. The molecule has 0 unspecified atom stereocenters. The van der Waals surface area contributed by atoms with E-state index in [0.717, 1.165) is 23.0 Å². The number of likely N-dealkylation sites (tertiary alicyclic amines) is 1.